The highest BCUT2D eigenvalue weighted by Gasteiger charge is 2.51. The monoisotopic (exact) mass is 400 g/mol. The van der Waals surface area contributed by atoms with Gasteiger partial charge in [0.05, 0.1) is 7.11 Å². The Labute approximate surface area is 170 Å². The molecule has 7 nitrogen and oxygen atoms in total. The first-order valence-electron chi connectivity index (χ1n) is 10.3. The largest absolute Gasteiger partial charge is 0.493 e. The molecular formula is C22H28N2O5. The molecule has 4 aliphatic carbocycles. The Kier molecular flexibility index (Phi) is 5.48. The van der Waals surface area contributed by atoms with Crippen molar-refractivity contribution in [1.82, 2.24) is 10.9 Å². The summed E-state index contributed by atoms with van der Waals surface area (Å²) in [6.45, 7) is -0.269. The van der Waals surface area contributed by atoms with Gasteiger partial charge in [-0.15, -0.1) is 0 Å². The Morgan fingerprint density at radius 1 is 1.03 bits per heavy atom. The standard InChI is InChI=1S/C22H28N2O5/c1-28-19-7-14(12-25)2-3-18(19)29-13-21(27)24-23-20(26)11-22-8-15-4-16(9-22)6-17(5-15)10-22/h2-3,7,12,15-17H,4-6,8-11,13H2,1H3,(H,23,26)(H,24,27). The van der Waals surface area contributed by atoms with Crippen molar-refractivity contribution in [2.24, 2.45) is 23.2 Å². The first-order chi connectivity index (χ1) is 14.0. The average molecular weight is 400 g/mol. The number of nitrogens with one attached hydrogen (secondary N) is 2. The molecule has 4 fully saturated rings. The Balaban J connectivity index is 1.24. The van der Waals surface area contributed by atoms with Crippen LogP contribution in [0.5, 0.6) is 11.5 Å². The lowest BCUT2D eigenvalue weighted by molar-refractivity contribution is -0.134. The van der Waals surface area contributed by atoms with E-state index in [4.69, 9.17) is 9.47 Å². The maximum absolute atomic E-state index is 12.5. The molecule has 7 heteroatoms. The minimum absolute atomic E-state index is 0.131. The molecule has 1 aromatic rings. The van der Waals surface area contributed by atoms with Gasteiger partial charge in [-0.25, -0.2) is 0 Å². The topological polar surface area (TPSA) is 93.7 Å². The lowest BCUT2D eigenvalue weighted by Gasteiger charge is -2.56. The van der Waals surface area contributed by atoms with Gasteiger partial charge in [-0.2, -0.15) is 0 Å². The van der Waals surface area contributed by atoms with E-state index in [-0.39, 0.29) is 17.9 Å². The van der Waals surface area contributed by atoms with Gasteiger partial charge in [-0.1, -0.05) is 0 Å². The lowest BCUT2D eigenvalue weighted by atomic mass is 9.49. The summed E-state index contributed by atoms with van der Waals surface area (Å²) in [6.07, 6.45) is 8.67. The van der Waals surface area contributed by atoms with Crippen LogP contribution in [0.4, 0.5) is 0 Å². The summed E-state index contributed by atoms with van der Waals surface area (Å²) in [4.78, 5) is 35.3. The number of rotatable bonds is 7. The lowest BCUT2D eigenvalue weighted by Crippen LogP contribution is -2.50. The number of aldehydes is 1. The number of amides is 2. The molecule has 0 unspecified atom stereocenters. The zero-order valence-corrected chi connectivity index (χ0v) is 16.7. The van der Waals surface area contributed by atoms with Crippen molar-refractivity contribution in [3.8, 4) is 11.5 Å². The first-order valence-corrected chi connectivity index (χ1v) is 10.3. The molecule has 0 heterocycles. The minimum Gasteiger partial charge on any atom is -0.493 e. The number of ether oxygens (including phenoxy) is 2. The molecule has 4 saturated carbocycles. The fourth-order valence-electron chi connectivity index (χ4n) is 6.09. The predicted octanol–water partition coefficient (Wildman–Crippen LogP) is 2.64. The van der Waals surface area contributed by atoms with Crippen LogP contribution in [0.2, 0.25) is 0 Å². The van der Waals surface area contributed by atoms with E-state index in [1.807, 2.05) is 0 Å². The van der Waals surface area contributed by atoms with Gasteiger partial charge < -0.3 is 9.47 Å². The Morgan fingerprint density at radius 2 is 1.66 bits per heavy atom. The van der Waals surface area contributed by atoms with Gasteiger partial charge in [0.25, 0.3) is 5.91 Å². The number of benzene rings is 1. The smallest absolute Gasteiger partial charge is 0.276 e. The molecular weight excluding hydrogens is 372 g/mol. The summed E-state index contributed by atoms with van der Waals surface area (Å²) in [5.41, 5.74) is 5.57. The molecule has 2 N–H and O–H groups in total. The van der Waals surface area contributed by atoms with Gasteiger partial charge in [0.15, 0.2) is 18.1 Å². The third-order valence-electron chi connectivity index (χ3n) is 6.72. The van der Waals surface area contributed by atoms with Gasteiger partial charge >= 0.3 is 0 Å². The second-order valence-corrected chi connectivity index (χ2v) is 9.01. The summed E-state index contributed by atoms with van der Waals surface area (Å²) in [6, 6.07) is 4.69. The van der Waals surface area contributed by atoms with E-state index in [1.54, 1.807) is 12.1 Å². The van der Waals surface area contributed by atoms with Crippen LogP contribution in [0.1, 0.15) is 55.3 Å². The van der Waals surface area contributed by atoms with Gasteiger partial charge in [0.2, 0.25) is 5.91 Å². The Bertz CT molecular complexity index is 771. The quantitative estimate of drug-likeness (QED) is 0.542. The molecule has 156 valence electrons. The number of methoxy groups -OCH3 is 1. The zero-order chi connectivity index (χ0) is 20.4. The molecule has 0 saturated heterocycles. The van der Waals surface area contributed by atoms with Crippen molar-refractivity contribution in [3.63, 3.8) is 0 Å². The molecule has 4 aliphatic rings. The second kappa shape index (κ2) is 8.05. The van der Waals surface area contributed by atoms with Crippen molar-refractivity contribution < 1.29 is 23.9 Å². The van der Waals surface area contributed by atoms with E-state index in [0.29, 0.717) is 29.8 Å². The molecule has 5 rings (SSSR count). The van der Waals surface area contributed by atoms with Crippen molar-refractivity contribution in [2.45, 2.75) is 44.9 Å². The number of hydrazine groups is 1. The number of hydrogen-bond acceptors (Lipinski definition) is 5. The Morgan fingerprint density at radius 3 is 2.24 bits per heavy atom. The van der Waals surface area contributed by atoms with Crippen LogP contribution in [0.15, 0.2) is 18.2 Å². The zero-order valence-electron chi connectivity index (χ0n) is 16.7. The van der Waals surface area contributed by atoms with Crippen LogP contribution < -0.4 is 20.3 Å². The van der Waals surface area contributed by atoms with Crippen molar-refractivity contribution in [1.29, 1.82) is 0 Å². The summed E-state index contributed by atoms with van der Waals surface area (Å²) in [5, 5.41) is 0. The summed E-state index contributed by atoms with van der Waals surface area (Å²) >= 11 is 0. The van der Waals surface area contributed by atoms with Gasteiger partial charge in [0, 0.05) is 12.0 Å². The van der Waals surface area contributed by atoms with Crippen LogP contribution in [0, 0.1) is 23.2 Å². The van der Waals surface area contributed by atoms with Gasteiger partial charge in [-0.3, -0.25) is 25.2 Å². The van der Waals surface area contributed by atoms with Crippen LogP contribution in [-0.2, 0) is 9.59 Å². The van der Waals surface area contributed by atoms with Crippen LogP contribution in [0.25, 0.3) is 0 Å². The highest BCUT2D eigenvalue weighted by Crippen LogP contribution is 2.61. The van der Waals surface area contributed by atoms with Crippen LogP contribution in [0.3, 0.4) is 0 Å². The van der Waals surface area contributed by atoms with E-state index >= 15 is 0 Å². The van der Waals surface area contributed by atoms with E-state index in [9.17, 15) is 14.4 Å². The fraction of sp³-hybridized carbons (Fsp3) is 0.591. The molecule has 4 bridgehead atoms. The van der Waals surface area contributed by atoms with Gasteiger partial charge in [0.1, 0.15) is 6.29 Å². The molecule has 2 amide bonds. The molecule has 1 aromatic carbocycles. The highest BCUT2D eigenvalue weighted by atomic mass is 16.5. The number of hydrogen-bond donors (Lipinski definition) is 2. The second-order valence-electron chi connectivity index (χ2n) is 9.01. The normalized spacial score (nSPS) is 29.2. The van der Waals surface area contributed by atoms with Gasteiger partial charge in [-0.05, 0) is 79.9 Å². The summed E-state index contributed by atoms with van der Waals surface area (Å²) in [5.74, 6) is 2.51. The molecule has 0 atom stereocenters. The molecule has 0 aliphatic heterocycles. The molecule has 0 radical (unpaired) electrons. The summed E-state index contributed by atoms with van der Waals surface area (Å²) in [7, 11) is 1.46. The van der Waals surface area contributed by atoms with Crippen molar-refractivity contribution >= 4 is 18.1 Å². The summed E-state index contributed by atoms with van der Waals surface area (Å²) < 4.78 is 10.6. The average Bonchev–Trinajstić information content (AvgIpc) is 2.69. The molecule has 29 heavy (non-hydrogen) atoms. The third kappa shape index (κ3) is 4.38. The first kappa shape index (κ1) is 19.7. The number of carbonyl (C=O) groups excluding carboxylic acids is 3. The maximum Gasteiger partial charge on any atom is 0.276 e. The fourth-order valence-corrected chi connectivity index (χ4v) is 6.09. The molecule has 0 aromatic heterocycles. The highest BCUT2D eigenvalue weighted by molar-refractivity contribution is 5.83. The van der Waals surface area contributed by atoms with Crippen molar-refractivity contribution in [2.75, 3.05) is 13.7 Å². The third-order valence-corrected chi connectivity index (χ3v) is 6.72. The maximum atomic E-state index is 12.5. The van der Waals surface area contributed by atoms with E-state index < -0.39 is 5.91 Å². The molecule has 0 spiro atoms. The SMILES string of the molecule is COc1cc(C=O)ccc1OCC(=O)NNC(=O)CC12CC3CC(CC(C3)C1)C2. The van der Waals surface area contributed by atoms with E-state index in [0.717, 1.165) is 37.0 Å². The number of carbonyl (C=O) groups is 3. The van der Waals surface area contributed by atoms with Crippen LogP contribution >= 0.6 is 0 Å². The Hall–Kier alpha value is -2.57. The van der Waals surface area contributed by atoms with E-state index in [2.05, 4.69) is 10.9 Å². The van der Waals surface area contributed by atoms with E-state index in [1.165, 1.54) is 32.4 Å². The predicted molar refractivity (Wildman–Crippen MR) is 105 cm³/mol. The van der Waals surface area contributed by atoms with Crippen LogP contribution in [-0.4, -0.2) is 31.8 Å². The van der Waals surface area contributed by atoms with Crippen molar-refractivity contribution in [3.05, 3.63) is 23.8 Å². The minimum atomic E-state index is -0.453.